The van der Waals surface area contributed by atoms with Gasteiger partial charge in [-0.2, -0.15) is 0 Å². The number of benzene rings is 1. The van der Waals surface area contributed by atoms with E-state index in [9.17, 15) is 4.79 Å². The molecular weight excluding hydrogens is 307 g/mol. The van der Waals surface area contributed by atoms with E-state index in [4.69, 9.17) is 23.2 Å². The molecule has 1 aromatic rings. The maximum Gasteiger partial charge on any atom is 0.224 e. The van der Waals surface area contributed by atoms with E-state index in [-0.39, 0.29) is 24.4 Å². The maximum absolute atomic E-state index is 11.9. The van der Waals surface area contributed by atoms with Gasteiger partial charge in [0.15, 0.2) is 0 Å². The predicted octanol–water partition coefficient (Wildman–Crippen LogP) is 2.83. The first-order valence-electron chi connectivity index (χ1n) is 6.09. The Kier molecular flexibility index (Phi) is 6.94. The van der Waals surface area contributed by atoms with Crippen LogP contribution < -0.4 is 10.6 Å². The number of hydrogen-bond donors (Lipinski definition) is 2. The average molecular weight is 324 g/mol. The highest BCUT2D eigenvalue weighted by Gasteiger charge is 2.16. The Hall–Kier alpha value is -0.480. The highest BCUT2D eigenvalue weighted by Crippen LogP contribution is 2.21. The van der Waals surface area contributed by atoms with Gasteiger partial charge >= 0.3 is 0 Å². The van der Waals surface area contributed by atoms with Crippen molar-refractivity contribution in [1.82, 2.24) is 10.6 Å². The monoisotopic (exact) mass is 322 g/mol. The summed E-state index contributed by atoms with van der Waals surface area (Å²) >= 11 is 11.9. The third-order valence-electron chi connectivity index (χ3n) is 3.07. The Labute approximate surface area is 129 Å². The Morgan fingerprint density at radius 2 is 2.00 bits per heavy atom. The van der Waals surface area contributed by atoms with E-state index in [1.54, 1.807) is 18.2 Å². The van der Waals surface area contributed by atoms with Crippen LogP contribution in [-0.4, -0.2) is 25.0 Å². The minimum atomic E-state index is 0. The summed E-state index contributed by atoms with van der Waals surface area (Å²) in [6.07, 6.45) is 2.28. The molecule has 0 radical (unpaired) electrons. The summed E-state index contributed by atoms with van der Waals surface area (Å²) in [5.74, 6) is 0.0196. The van der Waals surface area contributed by atoms with E-state index in [1.165, 1.54) is 0 Å². The van der Waals surface area contributed by atoms with Crippen LogP contribution in [-0.2, 0) is 11.2 Å². The fourth-order valence-electron chi connectivity index (χ4n) is 2.08. The molecule has 0 unspecified atom stereocenters. The molecule has 2 N–H and O–H groups in total. The van der Waals surface area contributed by atoms with E-state index < -0.39 is 0 Å². The molecule has 0 spiro atoms. The van der Waals surface area contributed by atoms with Crippen LogP contribution in [0.4, 0.5) is 0 Å². The quantitative estimate of drug-likeness (QED) is 0.898. The molecule has 3 nitrogen and oxygen atoms in total. The van der Waals surface area contributed by atoms with Crippen LogP contribution in [0.3, 0.4) is 0 Å². The topological polar surface area (TPSA) is 41.1 Å². The van der Waals surface area contributed by atoms with Gasteiger partial charge in [-0.15, -0.1) is 12.4 Å². The standard InChI is InChI=1S/C13H16Cl2N2O.ClH/c14-10-2-1-9(12(15)8-10)7-13(18)17-11-3-5-16-6-4-11;/h1-2,8,11,16H,3-7H2,(H,17,18);1H. The molecule has 6 heteroatoms. The second-order valence-electron chi connectivity index (χ2n) is 4.50. The first kappa shape index (κ1) is 16.6. The molecule has 0 bridgehead atoms. The van der Waals surface area contributed by atoms with Gasteiger partial charge in [-0.1, -0.05) is 29.3 Å². The molecular formula is C13H17Cl3N2O. The van der Waals surface area contributed by atoms with Gasteiger partial charge in [0.05, 0.1) is 6.42 Å². The van der Waals surface area contributed by atoms with Crippen LogP contribution >= 0.6 is 35.6 Å². The van der Waals surface area contributed by atoms with Gasteiger partial charge in [0.1, 0.15) is 0 Å². The van der Waals surface area contributed by atoms with Gasteiger partial charge in [0, 0.05) is 16.1 Å². The number of hydrogen-bond acceptors (Lipinski definition) is 2. The smallest absolute Gasteiger partial charge is 0.224 e. The zero-order chi connectivity index (χ0) is 13.0. The number of carbonyl (C=O) groups is 1. The Morgan fingerprint density at radius 1 is 1.32 bits per heavy atom. The Balaban J connectivity index is 0.00000180. The van der Waals surface area contributed by atoms with Crippen LogP contribution in [0.1, 0.15) is 18.4 Å². The summed E-state index contributed by atoms with van der Waals surface area (Å²) in [6.45, 7) is 1.93. The minimum absolute atomic E-state index is 0. The zero-order valence-electron chi connectivity index (χ0n) is 10.4. The largest absolute Gasteiger partial charge is 0.353 e. The molecule has 0 aliphatic carbocycles. The molecule has 1 fully saturated rings. The normalized spacial score (nSPS) is 15.7. The number of nitrogens with one attached hydrogen (secondary N) is 2. The molecule has 1 aromatic carbocycles. The highest BCUT2D eigenvalue weighted by molar-refractivity contribution is 6.35. The number of piperidine rings is 1. The summed E-state index contributed by atoms with van der Waals surface area (Å²) < 4.78 is 0. The molecule has 1 aliphatic rings. The molecule has 0 atom stereocenters. The van der Waals surface area contributed by atoms with E-state index >= 15 is 0 Å². The lowest BCUT2D eigenvalue weighted by Gasteiger charge is -2.23. The van der Waals surface area contributed by atoms with Gasteiger partial charge in [-0.3, -0.25) is 4.79 Å². The van der Waals surface area contributed by atoms with Crippen LogP contribution in [0.2, 0.25) is 10.0 Å². The lowest BCUT2D eigenvalue weighted by atomic mass is 10.1. The fourth-order valence-corrected chi connectivity index (χ4v) is 2.56. The molecule has 0 aromatic heterocycles. The summed E-state index contributed by atoms with van der Waals surface area (Å²) in [6, 6.07) is 5.49. The van der Waals surface area contributed by atoms with Crippen molar-refractivity contribution < 1.29 is 4.79 Å². The van der Waals surface area contributed by atoms with Crippen molar-refractivity contribution in [1.29, 1.82) is 0 Å². The van der Waals surface area contributed by atoms with E-state index in [1.807, 2.05) is 0 Å². The molecule has 1 amide bonds. The third-order valence-corrected chi connectivity index (χ3v) is 3.66. The lowest BCUT2D eigenvalue weighted by molar-refractivity contribution is -0.121. The van der Waals surface area contributed by atoms with Crippen molar-refractivity contribution in [2.45, 2.75) is 25.3 Å². The second kappa shape index (κ2) is 7.95. The number of amides is 1. The Morgan fingerprint density at radius 3 is 2.63 bits per heavy atom. The zero-order valence-corrected chi connectivity index (χ0v) is 12.7. The molecule has 2 rings (SSSR count). The van der Waals surface area contributed by atoms with Crippen LogP contribution in [0.25, 0.3) is 0 Å². The first-order valence-corrected chi connectivity index (χ1v) is 6.85. The predicted molar refractivity (Wildman–Crippen MR) is 81.4 cm³/mol. The fraction of sp³-hybridized carbons (Fsp3) is 0.462. The maximum atomic E-state index is 11.9. The highest BCUT2D eigenvalue weighted by atomic mass is 35.5. The SMILES string of the molecule is Cl.O=C(Cc1ccc(Cl)cc1Cl)NC1CCNCC1. The van der Waals surface area contributed by atoms with Crippen molar-refractivity contribution in [3.05, 3.63) is 33.8 Å². The number of carbonyl (C=O) groups excluding carboxylic acids is 1. The minimum Gasteiger partial charge on any atom is -0.353 e. The summed E-state index contributed by atoms with van der Waals surface area (Å²) in [7, 11) is 0. The molecule has 19 heavy (non-hydrogen) atoms. The van der Waals surface area contributed by atoms with Crippen LogP contribution in [0.15, 0.2) is 18.2 Å². The van der Waals surface area contributed by atoms with Crippen molar-refractivity contribution in [2.75, 3.05) is 13.1 Å². The molecule has 0 saturated carbocycles. The van der Waals surface area contributed by atoms with Crippen molar-refractivity contribution in [2.24, 2.45) is 0 Å². The van der Waals surface area contributed by atoms with E-state index in [2.05, 4.69) is 10.6 Å². The molecule has 1 saturated heterocycles. The third kappa shape index (κ3) is 5.19. The first-order chi connectivity index (χ1) is 8.65. The summed E-state index contributed by atoms with van der Waals surface area (Å²) in [5.41, 5.74) is 0.813. The number of rotatable bonds is 3. The molecule has 106 valence electrons. The van der Waals surface area contributed by atoms with Crippen molar-refractivity contribution in [3.8, 4) is 0 Å². The molecule has 1 aliphatic heterocycles. The average Bonchev–Trinajstić information content (AvgIpc) is 2.34. The van der Waals surface area contributed by atoms with Crippen molar-refractivity contribution >= 4 is 41.5 Å². The number of halogens is 3. The van der Waals surface area contributed by atoms with Gasteiger partial charge in [0.2, 0.25) is 5.91 Å². The molecule has 1 heterocycles. The van der Waals surface area contributed by atoms with Gasteiger partial charge < -0.3 is 10.6 Å². The summed E-state index contributed by atoms with van der Waals surface area (Å²) in [5, 5.41) is 7.43. The van der Waals surface area contributed by atoms with Gasteiger partial charge in [-0.05, 0) is 43.6 Å². The van der Waals surface area contributed by atoms with Crippen LogP contribution in [0, 0.1) is 0 Å². The summed E-state index contributed by atoms with van der Waals surface area (Å²) in [4.78, 5) is 11.9. The lowest BCUT2D eigenvalue weighted by Crippen LogP contribution is -2.43. The van der Waals surface area contributed by atoms with Gasteiger partial charge in [0.25, 0.3) is 0 Å². The second-order valence-corrected chi connectivity index (χ2v) is 5.35. The van der Waals surface area contributed by atoms with Gasteiger partial charge in [-0.25, -0.2) is 0 Å². The van der Waals surface area contributed by atoms with E-state index in [0.717, 1.165) is 31.5 Å². The van der Waals surface area contributed by atoms with E-state index in [0.29, 0.717) is 16.5 Å². The van der Waals surface area contributed by atoms with Crippen LogP contribution in [0.5, 0.6) is 0 Å². The van der Waals surface area contributed by atoms with Crippen molar-refractivity contribution in [3.63, 3.8) is 0 Å². The Bertz CT molecular complexity index is 434.